The van der Waals surface area contributed by atoms with Crippen LogP contribution in [0.4, 0.5) is 0 Å². The SMILES string of the molecule is CC(=O)O.O.O.[Br-].[Li+]. The van der Waals surface area contributed by atoms with E-state index in [9.17, 15) is 0 Å². The minimum absolute atomic E-state index is 0. The van der Waals surface area contributed by atoms with Crippen LogP contribution < -0.4 is 35.8 Å². The Hall–Kier alpha value is 0.467. The molecule has 0 aliphatic rings. The van der Waals surface area contributed by atoms with Crippen LogP contribution in [0.1, 0.15) is 6.92 Å². The summed E-state index contributed by atoms with van der Waals surface area (Å²) in [5.74, 6) is -0.833. The second-order valence-corrected chi connectivity index (χ2v) is 0.519. The van der Waals surface area contributed by atoms with Crippen LogP contribution in [0, 0.1) is 0 Å². The van der Waals surface area contributed by atoms with Crippen molar-refractivity contribution in [1.82, 2.24) is 0 Å². The molecule has 0 saturated heterocycles. The summed E-state index contributed by atoms with van der Waals surface area (Å²) in [6, 6.07) is 0. The Morgan fingerprint density at radius 2 is 1.38 bits per heavy atom. The summed E-state index contributed by atoms with van der Waals surface area (Å²) in [6.07, 6.45) is 0. The van der Waals surface area contributed by atoms with E-state index in [1.165, 1.54) is 0 Å². The van der Waals surface area contributed by atoms with E-state index in [4.69, 9.17) is 9.90 Å². The first-order chi connectivity index (χ1) is 1.73. The third kappa shape index (κ3) is 885. The Morgan fingerprint density at radius 3 is 1.38 bits per heavy atom. The van der Waals surface area contributed by atoms with Crippen LogP contribution in [0.2, 0.25) is 0 Å². The summed E-state index contributed by atoms with van der Waals surface area (Å²) < 4.78 is 0. The van der Waals surface area contributed by atoms with Crippen LogP contribution in [0.5, 0.6) is 0 Å². The molecule has 0 heterocycles. The molecule has 5 N–H and O–H groups in total. The van der Waals surface area contributed by atoms with E-state index in [0.29, 0.717) is 0 Å². The fourth-order valence-corrected chi connectivity index (χ4v) is 0. The maximum absolute atomic E-state index is 9.00. The zero-order valence-corrected chi connectivity index (χ0v) is 6.32. The molecule has 0 radical (unpaired) electrons. The van der Waals surface area contributed by atoms with Crippen molar-refractivity contribution in [3.05, 3.63) is 0 Å². The van der Waals surface area contributed by atoms with Crippen LogP contribution >= 0.6 is 0 Å². The van der Waals surface area contributed by atoms with Gasteiger partial charge in [-0.05, 0) is 0 Å². The number of halogens is 1. The molecular formula is C2H8BrLiO4. The van der Waals surface area contributed by atoms with Gasteiger partial charge in [0.2, 0.25) is 0 Å². The third-order valence-corrected chi connectivity index (χ3v) is 0. The van der Waals surface area contributed by atoms with Crippen molar-refractivity contribution >= 4 is 5.97 Å². The molecule has 0 aliphatic carbocycles. The van der Waals surface area contributed by atoms with Crippen molar-refractivity contribution in [2.75, 3.05) is 0 Å². The summed E-state index contributed by atoms with van der Waals surface area (Å²) in [5, 5.41) is 7.42. The van der Waals surface area contributed by atoms with Gasteiger partial charge in [0.05, 0.1) is 0 Å². The van der Waals surface area contributed by atoms with E-state index in [1.807, 2.05) is 0 Å². The summed E-state index contributed by atoms with van der Waals surface area (Å²) in [6.45, 7) is 1.08. The first kappa shape index (κ1) is 39.3. The van der Waals surface area contributed by atoms with E-state index in [2.05, 4.69) is 0 Å². The quantitative estimate of drug-likeness (QED) is 0.377. The van der Waals surface area contributed by atoms with Crippen LogP contribution in [-0.2, 0) is 4.79 Å². The third-order valence-electron chi connectivity index (χ3n) is 0. The molecular weight excluding hydrogens is 175 g/mol. The summed E-state index contributed by atoms with van der Waals surface area (Å²) in [5.41, 5.74) is 0. The van der Waals surface area contributed by atoms with Crippen molar-refractivity contribution in [2.24, 2.45) is 0 Å². The van der Waals surface area contributed by atoms with Gasteiger partial charge in [0, 0.05) is 6.92 Å². The number of hydrogen-bond donors (Lipinski definition) is 1. The van der Waals surface area contributed by atoms with Gasteiger partial charge >= 0.3 is 18.9 Å². The molecule has 0 spiro atoms. The minimum atomic E-state index is -0.833. The second-order valence-electron chi connectivity index (χ2n) is 0.519. The predicted octanol–water partition coefficient (Wildman–Crippen LogP) is -7.55. The molecule has 0 amide bonds. The predicted molar refractivity (Wildman–Crippen MR) is 20.5 cm³/mol. The Bertz CT molecular complexity index is 37.0. The maximum Gasteiger partial charge on any atom is 1.00 e. The average molecular weight is 183 g/mol. The molecule has 0 aliphatic heterocycles. The Labute approximate surface area is 69.8 Å². The first-order valence-corrected chi connectivity index (χ1v) is 0.928. The van der Waals surface area contributed by atoms with E-state index in [1.54, 1.807) is 0 Å². The fraction of sp³-hybridized carbons (Fsp3) is 0.500. The standard InChI is InChI=1S/C2H4O2.BrH.Li.2H2O/c1-2(3)4;;;;/h1H3,(H,3,4);1H;;2*1H2/q;;+1;;/p-1. The zero-order chi connectivity index (χ0) is 3.58. The molecule has 4 nitrogen and oxygen atoms in total. The fourth-order valence-electron chi connectivity index (χ4n) is 0. The van der Waals surface area contributed by atoms with Gasteiger partial charge in [-0.2, -0.15) is 0 Å². The van der Waals surface area contributed by atoms with Gasteiger partial charge in [-0.25, -0.2) is 0 Å². The molecule has 48 valence electrons. The van der Waals surface area contributed by atoms with Crippen molar-refractivity contribution in [3.8, 4) is 0 Å². The normalized spacial score (nSPS) is 3.12. The van der Waals surface area contributed by atoms with Crippen molar-refractivity contribution in [1.29, 1.82) is 0 Å². The van der Waals surface area contributed by atoms with Gasteiger partial charge < -0.3 is 33.0 Å². The van der Waals surface area contributed by atoms with Gasteiger partial charge in [0.1, 0.15) is 0 Å². The maximum atomic E-state index is 9.00. The first-order valence-electron chi connectivity index (χ1n) is 0.928. The number of aliphatic carboxylic acids is 1. The zero-order valence-electron chi connectivity index (χ0n) is 4.73. The monoisotopic (exact) mass is 182 g/mol. The molecule has 8 heavy (non-hydrogen) atoms. The van der Waals surface area contributed by atoms with Crippen LogP contribution in [0.15, 0.2) is 0 Å². The number of carbonyl (C=O) groups is 1. The van der Waals surface area contributed by atoms with Gasteiger partial charge in [0.25, 0.3) is 5.97 Å². The largest absolute Gasteiger partial charge is 1.00 e. The van der Waals surface area contributed by atoms with E-state index >= 15 is 0 Å². The molecule has 0 fully saturated rings. The van der Waals surface area contributed by atoms with Crippen LogP contribution in [0.3, 0.4) is 0 Å². The minimum Gasteiger partial charge on any atom is -1.00 e. The number of rotatable bonds is 0. The van der Waals surface area contributed by atoms with Gasteiger partial charge in [0.15, 0.2) is 0 Å². The summed E-state index contributed by atoms with van der Waals surface area (Å²) in [7, 11) is 0. The molecule has 0 atom stereocenters. The van der Waals surface area contributed by atoms with Gasteiger partial charge in [-0.1, -0.05) is 0 Å². The van der Waals surface area contributed by atoms with Gasteiger partial charge in [-0.15, -0.1) is 0 Å². The van der Waals surface area contributed by atoms with E-state index in [-0.39, 0.29) is 46.8 Å². The summed E-state index contributed by atoms with van der Waals surface area (Å²) in [4.78, 5) is 9.00. The molecule has 0 aromatic carbocycles. The Morgan fingerprint density at radius 1 is 1.38 bits per heavy atom. The van der Waals surface area contributed by atoms with Crippen LogP contribution in [0.25, 0.3) is 0 Å². The van der Waals surface area contributed by atoms with E-state index < -0.39 is 5.97 Å². The Balaban J connectivity index is -0.00000000750. The molecule has 0 aromatic heterocycles. The number of hydrogen-bond acceptors (Lipinski definition) is 1. The smallest absolute Gasteiger partial charge is 1.00 e. The van der Waals surface area contributed by atoms with E-state index in [0.717, 1.165) is 6.92 Å². The van der Waals surface area contributed by atoms with Gasteiger partial charge in [-0.3, -0.25) is 4.79 Å². The molecule has 6 heteroatoms. The van der Waals surface area contributed by atoms with Crippen molar-refractivity contribution in [2.45, 2.75) is 6.92 Å². The number of carboxylic acids is 1. The molecule has 0 rings (SSSR count). The number of carboxylic acid groups (broad SMARTS) is 1. The molecule has 0 saturated carbocycles. The topological polar surface area (TPSA) is 100 Å². The average Bonchev–Trinajstić information content (AvgIpc) is 0.811. The van der Waals surface area contributed by atoms with Crippen molar-refractivity contribution < 1.29 is 56.7 Å². The van der Waals surface area contributed by atoms with Crippen molar-refractivity contribution in [3.63, 3.8) is 0 Å². The second kappa shape index (κ2) is 26.0. The molecule has 0 bridgehead atoms. The Kier molecular flexibility index (Phi) is 128. The molecule has 0 aromatic rings. The summed E-state index contributed by atoms with van der Waals surface area (Å²) >= 11 is 0. The van der Waals surface area contributed by atoms with Crippen LogP contribution in [-0.4, -0.2) is 22.0 Å². The molecule has 0 unspecified atom stereocenters.